The predicted octanol–water partition coefficient (Wildman–Crippen LogP) is 1.83. The third kappa shape index (κ3) is 2.50. The lowest BCUT2D eigenvalue weighted by atomic mass is 10.2. The molecule has 1 aromatic carbocycles. The molecule has 0 saturated heterocycles. The second kappa shape index (κ2) is 5.16. The number of aliphatic imine (C=N–C) groups is 1. The van der Waals surface area contributed by atoms with Crippen LogP contribution in [-0.2, 0) is 6.54 Å². The lowest BCUT2D eigenvalue weighted by molar-refractivity contribution is 0.582. The molecule has 2 rings (SSSR count). The molecule has 0 aliphatic carbocycles. The van der Waals surface area contributed by atoms with Crippen LogP contribution in [0.4, 0.5) is 5.95 Å². The fourth-order valence-electron chi connectivity index (χ4n) is 1.32. The topological polar surface area (TPSA) is 56.0 Å². The van der Waals surface area contributed by atoms with Gasteiger partial charge in [0.15, 0.2) is 0 Å². The molecule has 0 aliphatic heterocycles. The standard InChI is InChI=1S/C11H13N5/c1-2-8-16-11(13-14-15-16)12-9-10-6-4-3-5-7-10/h3-7,9H,2,8H2,1H3/b12-9+. The Morgan fingerprint density at radius 3 is 2.88 bits per heavy atom. The Morgan fingerprint density at radius 2 is 2.12 bits per heavy atom. The molecule has 5 heteroatoms. The van der Waals surface area contributed by atoms with E-state index in [1.165, 1.54) is 0 Å². The molecule has 0 aliphatic rings. The van der Waals surface area contributed by atoms with Crippen LogP contribution in [0.15, 0.2) is 35.3 Å². The molecule has 0 radical (unpaired) electrons. The number of benzene rings is 1. The van der Waals surface area contributed by atoms with Gasteiger partial charge in [-0.15, -0.1) is 0 Å². The Morgan fingerprint density at radius 1 is 1.31 bits per heavy atom. The highest BCUT2D eigenvalue weighted by molar-refractivity contribution is 5.80. The van der Waals surface area contributed by atoms with Gasteiger partial charge in [0.05, 0.1) is 0 Å². The van der Waals surface area contributed by atoms with Gasteiger partial charge >= 0.3 is 0 Å². The van der Waals surface area contributed by atoms with E-state index < -0.39 is 0 Å². The van der Waals surface area contributed by atoms with Crippen LogP contribution in [0, 0.1) is 0 Å². The predicted molar refractivity (Wildman–Crippen MR) is 61.8 cm³/mol. The number of aromatic nitrogens is 4. The summed E-state index contributed by atoms with van der Waals surface area (Å²) in [7, 11) is 0. The summed E-state index contributed by atoms with van der Waals surface area (Å²) >= 11 is 0. The van der Waals surface area contributed by atoms with E-state index in [9.17, 15) is 0 Å². The van der Waals surface area contributed by atoms with E-state index in [0.717, 1.165) is 18.5 Å². The van der Waals surface area contributed by atoms with Crippen LogP contribution in [0.3, 0.4) is 0 Å². The average molecular weight is 215 g/mol. The van der Waals surface area contributed by atoms with Crippen LogP contribution in [0.5, 0.6) is 0 Å². The lowest BCUT2D eigenvalue weighted by Crippen LogP contribution is -1.98. The molecular formula is C11H13N5. The Labute approximate surface area is 93.8 Å². The van der Waals surface area contributed by atoms with Gasteiger partial charge in [-0.05, 0) is 22.4 Å². The molecule has 16 heavy (non-hydrogen) atoms. The van der Waals surface area contributed by atoms with Gasteiger partial charge in [0.1, 0.15) is 0 Å². The highest BCUT2D eigenvalue weighted by Gasteiger charge is 2.01. The van der Waals surface area contributed by atoms with E-state index in [1.807, 2.05) is 30.3 Å². The molecule has 82 valence electrons. The SMILES string of the molecule is CCCn1nnnc1/N=C/c1ccccc1. The zero-order chi connectivity index (χ0) is 11.2. The quantitative estimate of drug-likeness (QED) is 0.731. The van der Waals surface area contributed by atoms with Gasteiger partial charge in [0, 0.05) is 12.8 Å². The maximum Gasteiger partial charge on any atom is 0.269 e. The number of nitrogens with zero attached hydrogens (tertiary/aromatic N) is 5. The smallest absolute Gasteiger partial charge is 0.218 e. The summed E-state index contributed by atoms with van der Waals surface area (Å²) < 4.78 is 1.69. The molecule has 0 spiro atoms. The summed E-state index contributed by atoms with van der Waals surface area (Å²) in [5.74, 6) is 0.547. The van der Waals surface area contributed by atoms with Crippen molar-refractivity contribution in [1.82, 2.24) is 20.2 Å². The molecule has 0 amide bonds. The third-order valence-electron chi connectivity index (χ3n) is 2.08. The molecule has 0 bridgehead atoms. The van der Waals surface area contributed by atoms with Crippen LogP contribution in [-0.4, -0.2) is 26.4 Å². The molecule has 0 unspecified atom stereocenters. The highest BCUT2D eigenvalue weighted by Crippen LogP contribution is 2.05. The van der Waals surface area contributed by atoms with Crippen molar-refractivity contribution in [3.05, 3.63) is 35.9 Å². The number of rotatable bonds is 4. The van der Waals surface area contributed by atoms with Crippen LogP contribution in [0.1, 0.15) is 18.9 Å². The van der Waals surface area contributed by atoms with E-state index in [1.54, 1.807) is 10.9 Å². The molecule has 2 aromatic rings. The molecule has 0 atom stereocenters. The van der Waals surface area contributed by atoms with Crippen molar-refractivity contribution in [2.75, 3.05) is 0 Å². The minimum Gasteiger partial charge on any atom is -0.218 e. The monoisotopic (exact) mass is 215 g/mol. The van der Waals surface area contributed by atoms with Gasteiger partial charge in [0.25, 0.3) is 5.95 Å². The minimum atomic E-state index is 0.547. The fraction of sp³-hybridized carbons (Fsp3) is 0.273. The Balaban J connectivity index is 2.14. The van der Waals surface area contributed by atoms with Crippen LogP contribution < -0.4 is 0 Å². The summed E-state index contributed by atoms with van der Waals surface area (Å²) in [5, 5.41) is 11.3. The average Bonchev–Trinajstić information content (AvgIpc) is 2.76. The van der Waals surface area contributed by atoms with Gasteiger partial charge in [-0.1, -0.05) is 42.4 Å². The van der Waals surface area contributed by atoms with Crippen molar-refractivity contribution in [3.63, 3.8) is 0 Å². The Kier molecular flexibility index (Phi) is 3.38. The first-order chi connectivity index (χ1) is 7.90. The van der Waals surface area contributed by atoms with Crippen LogP contribution in [0.2, 0.25) is 0 Å². The molecule has 0 fully saturated rings. The number of aryl methyl sites for hydroxylation is 1. The normalized spacial score (nSPS) is 11.1. The largest absolute Gasteiger partial charge is 0.269 e. The Hall–Kier alpha value is -2.04. The van der Waals surface area contributed by atoms with E-state index in [-0.39, 0.29) is 0 Å². The Bertz CT molecular complexity index is 460. The molecule has 1 heterocycles. The van der Waals surface area contributed by atoms with Gasteiger partial charge in [0.2, 0.25) is 0 Å². The zero-order valence-electron chi connectivity index (χ0n) is 9.11. The van der Waals surface area contributed by atoms with Crippen molar-refractivity contribution in [3.8, 4) is 0 Å². The van der Waals surface area contributed by atoms with Crippen molar-refractivity contribution >= 4 is 12.2 Å². The van der Waals surface area contributed by atoms with E-state index >= 15 is 0 Å². The number of hydrogen-bond donors (Lipinski definition) is 0. The van der Waals surface area contributed by atoms with E-state index in [0.29, 0.717) is 5.95 Å². The van der Waals surface area contributed by atoms with Crippen molar-refractivity contribution in [2.45, 2.75) is 19.9 Å². The van der Waals surface area contributed by atoms with Gasteiger partial charge < -0.3 is 0 Å². The second-order valence-electron chi connectivity index (χ2n) is 3.37. The molecule has 1 aromatic heterocycles. The van der Waals surface area contributed by atoms with E-state index in [2.05, 4.69) is 27.4 Å². The maximum absolute atomic E-state index is 4.26. The first kappa shape index (κ1) is 10.5. The van der Waals surface area contributed by atoms with Gasteiger partial charge in [-0.3, -0.25) is 0 Å². The summed E-state index contributed by atoms with van der Waals surface area (Å²) in [6, 6.07) is 9.88. The molecule has 0 N–H and O–H groups in total. The minimum absolute atomic E-state index is 0.547. The van der Waals surface area contributed by atoms with Gasteiger partial charge in [-0.2, -0.15) is 0 Å². The molecular weight excluding hydrogens is 202 g/mol. The van der Waals surface area contributed by atoms with Crippen molar-refractivity contribution in [2.24, 2.45) is 4.99 Å². The first-order valence-corrected chi connectivity index (χ1v) is 5.25. The number of tetrazole rings is 1. The summed E-state index contributed by atoms with van der Waals surface area (Å²) in [5.41, 5.74) is 1.04. The summed E-state index contributed by atoms with van der Waals surface area (Å²) in [4.78, 5) is 4.26. The van der Waals surface area contributed by atoms with Crippen LogP contribution >= 0.6 is 0 Å². The second-order valence-corrected chi connectivity index (χ2v) is 3.37. The first-order valence-electron chi connectivity index (χ1n) is 5.25. The van der Waals surface area contributed by atoms with Crippen molar-refractivity contribution in [1.29, 1.82) is 0 Å². The van der Waals surface area contributed by atoms with E-state index in [4.69, 9.17) is 0 Å². The molecule has 5 nitrogen and oxygen atoms in total. The lowest BCUT2D eigenvalue weighted by Gasteiger charge is -1.96. The third-order valence-corrected chi connectivity index (χ3v) is 2.08. The van der Waals surface area contributed by atoms with Crippen molar-refractivity contribution < 1.29 is 0 Å². The summed E-state index contributed by atoms with van der Waals surface area (Å²) in [6.07, 6.45) is 2.75. The van der Waals surface area contributed by atoms with Crippen LogP contribution in [0.25, 0.3) is 0 Å². The maximum atomic E-state index is 4.26. The number of hydrogen-bond acceptors (Lipinski definition) is 4. The summed E-state index contributed by atoms with van der Waals surface area (Å²) in [6.45, 7) is 2.86. The fourth-order valence-corrected chi connectivity index (χ4v) is 1.32. The highest BCUT2D eigenvalue weighted by atomic mass is 15.6. The zero-order valence-corrected chi connectivity index (χ0v) is 9.11. The molecule has 0 saturated carbocycles. The van der Waals surface area contributed by atoms with Gasteiger partial charge in [-0.25, -0.2) is 9.67 Å².